The maximum atomic E-state index is 10.6. The maximum absolute atomic E-state index is 10.6. The molecule has 0 aliphatic rings. The number of nitro benzene ring substituents is 1. The Morgan fingerprint density at radius 2 is 2.25 bits per heavy atom. The van der Waals surface area contributed by atoms with Gasteiger partial charge in [-0.15, -0.1) is 0 Å². The number of rotatable bonds is 5. The van der Waals surface area contributed by atoms with Gasteiger partial charge in [0.15, 0.2) is 5.82 Å². The van der Waals surface area contributed by atoms with E-state index in [1.807, 2.05) is 0 Å². The van der Waals surface area contributed by atoms with Crippen molar-refractivity contribution >= 4 is 17.7 Å². The Morgan fingerprint density at radius 1 is 1.40 bits per heavy atom. The number of nitro groups is 1. The molecule has 8 nitrogen and oxygen atoms in total. The second-order valence-corrected chi connectivity index (χ2v) is 3.67. The van der Waals surface area contributed by atoms with Gasteiger partial charge in [-0.1, -0.05) is 12.1 Å². The Bertz CT molecular complexity index is 644. The van der Waals surface area contributed by atoms with E-state index in [1.54, 1.807) is 18.2 Å². The van der Waals surface area contributed by atoms with Gasteiger partial charge >= 0.3 is 0 Å². The molecule has 1 N–H and O–H groups in total. The summed E-state index contributed by atoms with van der Waals surface area (Å²) in [6, 6.07) is 7.71. The molecule has 102 valence electrons. The summed E-state index contributed by atoms with van der Waals surface area (Å²) in [7, 11) is 1.50. The Morgan fingerprint density at radius 3 is 3.00 bits per heavy atom. The zero-order valence-electron chi connectivity index (χ0n) is 10.6. The molecule has 0 atom stereocenters. The number of nitrogens with one attached hydrogen (secondary N) is 1. The van der Waals surface area contributed by atoms with E-state index in [2.05, 4.69) is 20.5 Å². The fourth-order valence-corrected chi connectivity index (χ4v) is 1.40. The smallest absolute Gasteiger partial charge is 0.270 e. The second-order valence-electron chi connectivity index (χ2n) is 3.67. The Kier molecular flexibility index (Phi) is 4.17. The van der Waals surface area contributed by atoms with Gasteiger partial charge in [-0.25, -0.2) is 9.97 Å². The maximum Gasteiger partial charge on any atom is 0.270 e. The highest BCUT2D eigenvalue weighted by Gasteiger charge is 2.03. The van der Waals surface area contributed by atoms with Crippen LogP contribution < -0.4 is 10.2 Å². The van der Waals surface area contributed by atoms with Crippen LogP contribution in [0.2, 0.25) is 0 Å². The third-order valence-corrected chi connectivity index (χ3v) is 2.32. The molecule has 0 aliphatic carbocycles. The summed E-state index contributed by atoms with van der Waals surface area (Å²) in [6.07, 6.45) is 2.80. The summed E-state index contributed by atoms with van der Waals surface area (Å²) < 4.78 is 4.94. The molecule has 0 saturated carbocycles. The molecule has 0 aliphatic heterocycles. The van der Waals surface area contributed by atoms with Crippen molar-refractivity contribution in [1.82, 2.24) is 9.97 Å². The van der Waals surface area contributed by atoms with E-state index in [0.717, 1.165) is 0 Å². The molecule has 0 unspecified atom stereocenters. The number of benzene rings is 1. The number of aromatic nitrogens is 2. The largest absolute Gasteiger partial charge is 0.481 e. The van der Waals surface area contributed by atoms with Crippen LogP contribution in [0.4, 0.5) is 11.5 Å². The zero-order valence-corrected chi connectivity index (χ0v) is 10.6. The fourth-order valence-electron chi connectivity index (χ4n) is 1.40. The Hall–Kier alpha value is -3.03. The molecule has 2 rings (SSSR count). The highest BCUT2D eigenvalue weighted by molar-refractivity contribution is 5.81. The predicted molar refractivity (Wildman–Crippen MR) is 72.9 cm³/mol. The molecule has 20 heavy (non-hydrogen) atoms. The minimum absolute atomic E-state index is 0.0117. The first kappa shape index (κ1) is 13.4. The summed E-state index contributed by atoms with van der Waals surface area (Å²) in [5.74, 6) is 0.867. The van der Waals surface area contributed by atoms with Crippen molar-refractivity contribution in [3.63, 3.8) is 0 Å². The van der Waals surface area contributed by atoms with Crippen LogP contribution in [0, 0.1) is 10.1 Å². The quantitative estimate of drug-likeness (QED) is 0.506. The van der Waals surface area contributed by atoms with E-state index in [0.29, 0.717) is 17.3 Å². The lowest BCUT2D eigenvalue weighted by atomic mass is 10.2. The van der Waals surface area contributed by atoms with Gasteiger partial charge in [-0.3, -0.25) is 15.5 Å². The summed E-state index contributed by atoms with van der Waals surface area (Å²) in [4.78, 5) is 18.0. The summed E-state index contributed by atoms with van der Waals surface area (Å²) >= 11 is 0. The van der Waals surface area contributed by atoms with Gasteiger partial charge in [0.25, 0.3) is 5.69 Å². The number of methoxy groups -OCH3 is 1. The lowest BCUT2D eigenvalue weighted by Gasteiger charge is -2.01. The predicted octanol–water partition coefficient (Wildman–Crippen LogP) is 1.84. The van der Waals surface area contributed by atoms with Crippen molar-refractivity contribution in [2.75, 3.05) is 12.5 Å². The van der Waals surface area contributed by atoms with Crippen molar-refractivity contribution in [2.24, 2.45) is 5.10 Å². The number of hydrogen-bond donors (Lipinski definition) is 1. The van der Waals surface area contributed by atoms with Gasteiger partial charge in [0.05, 0.1) is 18.2 Å². The normalized spacial score (nSPS) is 10.4. The van der Waals surface area contributed by atoms with E-state index in [4.69, 9.17) is 4.74 Å². The van der Waals surface area contributed by atoms with Gasteiger partial charge < -0.3 is 4.74 Å². The molecule has 1 aromatic heterocycles. The third kappa shape index (κ3) is 3.48. The standard InChI is InChI=1S/C12H11N5O3/c1-20-12-6-11(13-8-14-12)16-15-7-9-3-2-4-10(5-9)17(18)19/h2-8H,1H3,(H,13,14,16)/b15-7-. The molecular weight excluding hydrogens is 262 g/mol. The third-order valence-electron chi connectivity index (χ3n) is 2.32. The highest BCUT2D eigenvalue weighted by atomic mass is 16.6. The van der Waals surface area contributed by atoms with Crippen molar-refractivity contribution in [3.05, 3.63) is 52.3 Å². The summed E-state index contributed by atoms with van der Waals surface area (Å²) in [5.41, 5.74) is 3.30. The van der Waals surface area contributed by atoms with Crippen LogP contribution in [0.25, 0.3) is 0 Å². The molecule has 1 heterocycles. The average molecular weight is 273 g/mol. The van der Waals surface area contributed by atoms with Crippen LogP contribution in [-0.4, -0.2) is 28.2 Å². The van der Waals surface area contributed by atoms with E-state index < -0.39 is 4.92 Å². The van der Waals surface area contributed by atoms with Gasteiger partial charge in [-0.05, 0) is 0 Å². The minimum atomic E-state index is -0.458. The number of hydrogen-bond acceptors (Lipinski definition) is 7. The molecule has 1 aromatic carbocycles. The zero-order chi connectivity index (χ0) is 14.4. The van der Waals surface area contributed by atoms with Crippen LogP contribution in [0.3, 0.4) is 0 Å². The van der Waals surface area contributed by atoms with Crippen LogP contribution in [0.15, 0.2) is 41.8 Å². The van der Waals surface area contributed by atoms with Gasteiger partial charge in [0.2, 0.25) is 5.88 Å². The number of ether oxygens (including phenoxy) is 1. The van der Waals surface area contributed by atoms with Gasteiger partial charge in [0, 0.05) is 23.8 Å². The minimum Gasteiger partial charge on any atom is -0.481 e. The molecule has 0 bridgehead atoms. The van der Waals surface area contributed by atoms with Crippen molar-refractivity contribution in [3.8, 4) is 5.88 Å². The van der Waals surface area contributed by atoms with E-state index in [1.165, 1.54) is 31.8 Å². The van der Waals surface area contributed by atoms with Crippen LogP contribution in [0.1, 0.15) is 5.56 Å². The Balaban J connectivity index is 2.06. The first-order valence-electron chi connectivity index (χ1n) is 5.58. The lowest BCUT2D eigenvalue weighted by Crippen LogP contribution is -1.96. The Labute approximate surface area is 114 Å². The van der Waals surface area contributed by atoms with Crippen LogP contribution in [0.5, 0.6) is 5.88 Å². The molecule has 0 fully saturated rings. The molecule has 0 spiro atoms. The molecule has 8 heteroatoms. The van der Waals surface area contributed by atoms with Crippen LogP contribution >= 0.6 is 0 Å². The monoisotopic (exact) mass is 273 g/mol. The molecule has 0 amide bonds. The highest BCUT2D eigenvalue weighted by Crippen LogP contribution is 2.12. The topological polar surface area (TPSA) is 103 Å². The summed E-state index contributed by atoms with van der Waals surface area (Å²) in [5, 5.41) is 14.6. The fraction of sp³-hybridized carbons (Fsp3) is 0.0833. The lowest BCUT2D eigenvalue weighted by molar-refractivity contribution is -0.384. The SMILES string of the molecule is COc1cc(N/N=C\c2cccc([N+](=O)[O-])c2)ncn1. The van der Waals surface area contributed by atoms with E-state index >= 15 is 0 Å². The first-order valence-corrected chi connectivity index (χ1v) is 5.58. The van der Waals surface area contributed by atoms with E-state index in [9.17, 15) is 10.1 Å². The second kappa shape index (κ2) is 6.23. The van der Waals surface area contributed by atoms with Crippen molar-refractivity contribution < 1.29 is 9.66 Å². The van der Waals surface area contributed by atoms with E-state index in [-0.39, 0.29) is 5.69 Å². The molecule has 0 saturated heterocycles. The number of anilines is 1. The molecule has 0 radical (unpaired) electrons. The van der Waals surface area contributed by atoms with Gasteiger partial charge in [0.1, 0.15) is 6.33 Å². The summed E-state index contributed by atoms with van der Waals surface area (Å²) in [6.45, 7) is 0. The van der Waals surface area contributed by atoms with Crippen LogP contribution in [-0.2, 0) is 0 Å². The first-order chi connectivity index (χ1) is 9.69. The number of hydrazone groups is 1. The van der Waals surface area contributed by atoms with Gasteiger partial charge in [-0.2, -0.15) is 5.10 Å². The molecule has 2 aromatic rings. The molecular formula is C12H11N5O3. The van der Waals surface area contributed by atoms with Crippen molar-refractivity contribution in [1.29, 1.82) is 0 Å². The van der Waals surface area contributed by atoms with Crippen molar-refractivity contribution in [2.45, 2.75) is 0 Å². The number of non-ortho nitro benzene ring substituents is 1. The average Bonchev–Trinajstić information content (AvgIpc) is 2.48. The number of nitrogens with zero attached hydrogens (tertiary/aromatic N) is 4.